The van der Waals surface area contributed by atoms with Crippen LogP contribution in [0.25, 0.3) is 11.0 Å². The number of halogens is 2. The van der Waals surface area contributed by atoms with Crippen molar-refractivity contribution in [3.05, 3.63) is 98.7 Å². The first-order valence-electron chi connectivity index (χ1n) is 17.8. The second kappa shape index (κ2) is 22.3. The fraction of sp³-hybridized carbons (Fsp3) is 0.400. The quantitative estimate of drug-likeness (QED) is 0.0361. The molecule has 3 atom stereocenters. The number of amides is 2. The van der Waals surface area contributed by atoms with Crippen molar-refractivity contribution >= 4 is 90.8 Å². The lowest BCUT2D eigenvalue weighted by atomic mass is 9.95. The number of rotatable bonds is 17. The molecular weight excluding hydrogens is 804 g/mol. The zero-order valence-corrected chi connectivity index (χ0v) is 35.2. The van der Waals surface area contributed by atoms with Crippen LogP contribution < -0.4 is 5.32 Å². The predicted molar refractivity (Wildman–Crippen MR) is 222 cm³/mol. The van der Waals surface area contributed by atoms with Gasteiger partial charge in [-0.3, -0.25) is 23.4 Å². The third kappa shape index (κ3) is 13.0. The molecule has 1 aliphatic heterocycles. The number of carbonyl (C=O) groups excluding carboxylic acids is 4. The Hall–Kier alpha value is -3.49. The Morgan fingerprint density at radius 1 is 1.11 bits per heavy atom. The maximum absolute atomic E-state index is 13.2. The van der Waals surface area contributed by atoms with Crippen LogP contribution in [0, 0.1) is 0 Å². The number of nitrogens with zero attached hydrogens (tertiary/aromatic N) is 1. The summed E-state index contributed by atoms with van der Waals surface area (Å²) in [4.78, 5) is 49.8. The van der Waals surface area contributed by atoms with Crippen molar-refractivity contribution in [1.29, 1.82) is 0 Å². The lowest BCUT2D eigenvalue weighted by molar-refractivity contribution is -0.160. The zero-order valence-electron chi connectivity index (χ0n) is 31.3. The van der Waals surface area contributed by atoms with E-state index < -0.39 is 10.8 Å². The minimum absolute atomic E-state index is 0.104. The van der Waals surface area contributed by atoms with E-state index >= 15 is 0 Å². The van der Waals surface area contributed by atoms with E-state index in [9.17, 15) is 23.4 Å². The van der Waals surface area contributed by atoms with Crippen LogP contribution in [0.4, 0.5) is 0 Å². The lowest BCUT2D eigenvalue weighted by Crippen LogP contribution is -2.37. The molecule has 0 bridgehead atoms. The topological polar surface area (TPSA) is 132 Å². The summed E-state index contributed by atoms with van der Waals surface area (Å²) in [6, 6.07) is 16.3. The monoisotopic (exact) mass is 848 g/mol. The van der Waals surface area contributed by atoms with Crippen molar-refractivity contribution in [2.45, 2.75) is 81.5 Å². The first kappa shape index (κ1) is 44.2. The van der Waals surface area contributed by atoms with Crippen LogP contribution in [0.5, 0.6) is 0 Å². The highest BCUT2D eigenvalue weighted by molar-refractivity contribution is 8.76. The van der Waals surface area contributed by atoms with Gasteiger partial charge in [0.25, 0.3) is 18.3 Å². The number of hydrogen-bond donors (Lipinski definition) is 1. The average Bonchev–Trinajstić information content (AvgIpc) is 3.64. The highest BCUT2D eigenvalue weighted by Gasteiger charge is 2.28. The Bertz CT molecular complexity index is 1970. The molecule has 5 rings (SSSR count). The summed E-state index contributed by atoms with van der Waals surface area (Å²) in [6.45, 7) is 4.88. The summed E-state index contributed by atoms with van der Waals surface area (Å²) < 4.78 is 26.2. The van der Waals surface area contributed by atoms with E-state index in [0.717, 1.165) is 52.7 Å². The number of hydrogen-bond acceptors (Lipinski definition) is 10. The number of esters is 1. The fourth-order valence-corrected chi connectivity index (χ4v) is 9.69. The van der Waals surface area contributed by atoms with E-state index in [1.165, 1.54) is 0 Å². The Labute approximate surface area is 342 Å². The van der Waals surface area contributed by atoms with E-state index in [1.807, 2.05) is 54.1 Å². The first-order chi connectivity index (χ1) is 26.4. The van der Waals surface area contributed by atoms with Crippen molar-refractivity contribution in [3.63, 3.8) is 0 Å². The van der Waals surface area contributed by atoms with Gasteiger partial charge in [-0.15, -0.1) is 0 Å². The van der Waals surface area contributed by atoms with Gasteiger partial charge in [0.1, 0.15) is 5.58 Å². The molecule has 0 saturated heterocycles. The molecule has 55 heavy (non-hydrogen) atoms. The molecule has 0 spiro atoms. The number of ether oxygens (including phenoxy) is 2. The molecule has 0 aliphatic carbocycles. The number of fused-ring (bicyclic) bond motifs is 2. The molecule has 3 aromatic carbocycles. The van der Waals surface area contributed by atoms with Gasteiger partial charge < -0.3 is 24.1 Å². The minimum Gasteiger partial charge on any atom is -0.464 e. The fourth-order valence-electron chi connectivity index (χ4n) is 6.15. The lowest BCUT2D eigenvalue weighted by Gasteiger charge is -2.30. The minimum atomic E-state index is -1.07. The van der Waals surface area contributed by atoms with Crippen LogP contribution in [0.3, 0.4) is 0 Å². The predicted octanol–water partition coefficient (Wildman–Crippen LogP) is 9.05. The van der Waals surface area contributed by atoms with Crippen molar-refractivity contribution < 1.29 is 37.3 Å². The van der Waals surface area contributed by atoms with Gasteiger partial charge in [0.15, 0.2) is 0 Å². The van der Waals surface area contributed by atoms with Gasteiger partial charge in [-0.2, -0.15) is 0 Å². The molecular formula is C40H46Cl2N2O8S3. The Morgan fingerprint density at radius 2 is 1.91 bits per heavy atom. The number of unbranched alkanes of at least 4 members (excludes halogenated alkanes) is 1. The van der Waals surface area contributed by atoms with Gasteiger partial charge in [-0.1, -0.05) is 76.3 Å². The van der Waals surface area contributed by atoms with Crippen molar-refractivity contribution in [2.24, 2.45) is 0 Å². The summed E-state index contributed by atoms with van der Waals surface area (Å²) in [5, 5.41) is 5.16. The molecule has 4 aromatic rings. The van der Waals surface area contributed by atoms with Crippen LogP contribution in [-0.4, -0.2) is 70.5 Å². The van der Waals surface area contributed by atoms with Crippen LogP contribution in [0.1, 0.15) is 83.4 Å². The van der Waals surface area contributed by atoms with Gasteiger partial charge in [-0.05, 0) is 98.4 Å². The summed E-state index contributed by atoms with van der Waals surface area (Å²) in [7, 11) is 2.61. The van der Waals surface area contributed by atoms with Gasteiger partial charge in [-0.25, -0.2) is 0 Å². The van der Waals surface area contributed by atoms with Gasteiger partial charge in [0, 0.05) is 63.7 Å². The zero-order chi connectivity index (χ0) is 39.9. The van der Waals surface area contributed by atoms with Crippen LogP contribution in [0.2, 0.25) is 10.0 Å². The molecule has 2 unspecified atom stereocenters. The highest BCUT2D eigenvalue weighted by atomic mass is 35.5. The molecule has 2 heterocycles. The van der Waals surface area contributed by atoms with Crippen molar-refractivity contribution in [3.8, 4) is 0 Å². The maximum atomic E-state index is 13.2. The molecule has 296 valence electrons. The Morgan fingerprint density at radius 3 is 2.64 bits per heavy atom. The largest absolute Gasteiger partial charge is 0.464 e. The first-order valence-corrected chi connectivity index (χ1v) is 22.8. The van der Waals surface area contributed by atoms with E-state index in [1.54, 1.807) is 46.4 Å². The number of benzene rings is 3. The standard InChI is InChI=1S/C29H26Cl2N2O4S.C11H20O4S2/c1-17(12-18-4-3-5-22(13-18)38(2)36)32-28(34)26-24(30)14-21-16-33(10-8-23(21)27(26)31)29(35)20-7-6-19-9-11-37-25(19)15-20;1-3-10(17-16-2)6-4-5-7-11(13)15-9-14-8-12/h3-7,9,11,13-15,17H,8,10,12,16H2,1-2H3,(H,32,34);8,10H,3-7,9H2,1-2H3/t17-,38?;/m1./s1. The molecule has 1 aliphatic rings. The van der Waals surface area contributed by atoms with Crippen molar-refractivity contribution in [2.75, 3.05) is 25.8 Å². The normalized spacial score (nSPS) is 13.8. The molecule has 0 saturated carbocycles. The van der Waals surface area contributed by atoms with Crippen molar-refractivity contribution in [1.82, 2.24) is 10.2 Å². The SMILES string of the molecule is CCC(CCCCC(=O)OCOC=O)SSC.C[C@H](Cc1cccc(S(C)=O)c1)NC(=O)c1c(Cl)cc2c(c1Cl)CCN(C(=O)c1ccc3ccoc3c1)C2. The second-order valence-corrected chi connectivity index (χ2v) is 17.9. The van der Waals surface area contributed by atoms with E-state index in [4.69, 9.17) is 27.6 Å². The summed E-state index contributed by atoms with van der Waals surface area (Å²) in [5.74, 6) is -0.763. The molecule has 2 amide bonds. The van der Waals surface area contributed by atoms with Gasteiger partial charge in [0.2, 0.25) is 6.79 Å². The Kier molecular flexibility index (Phi) is 17.9. The summed E-state index contributed by atoms with van der Waals surface area (Å²) in [6.07, 6.45) is 10.9. The van der Waals surface area contributed by atoms with E-state index in [0.29, 0.717) is 53.8 Å². The molecule has 1 N–H and O–H groups in total. The average molecular weight is 850 g/mol. The van der Waals surface area contributed by atoms with Crippen LogP contribution >= 0.6 is 44.8 Å². The molecule has 1 aromatic heterocycles. The second-order valence-electron chi connectivity index (χ2n) is 13.0. The molecule has 15 heteroatoms. The summed E-state index contributed by atoms with van der Waals surface area (Å²) in [5.41, 5.74) is 4.09. The number of carbonyl (C=O) groups is 4. The summed E-state index contributed by atoms with van der Waals surface area (Å²) >= 11 is 13.3. The number of nitrogens with one attached hydrogen (secondary N) is 1. The Balaban J connectivity index is 0.000000335. The van der Waals surface area contributed by atoms with Gasteiger partial charge >= 0.3 is 5.97 Å². The highest BCUT2D eigenvalue weighted by Crippen LogP contribution is 2.35. The van der Waals surface area contributed by atoms with Crippen LogP contribution in [-0.2, 0) is 49.2 Å². The number of furan rings is 1. The third-order valence-electron chi connectivity index (χ3n) is 8.97. The third-order valence-corrected chi connectivity index (χ3v) is 13.0. The maximum Gasteiger partial charge on any atom is 0.308 e. The van der Waals surface area contributed by atoms with Gasteiger partial charge in [0.05, 0.1) is 21.9 Å². The van der Waals surface area contributed by atoms with Crippen LogP contribution in [0.15, 0.2) is 70.2 Å². The van der Waals surface area contributed by atoms with E-state index in [-0.39, 0.29) is 47.7 Å². The molecule has 10 nitrogen and oxygen atoms in total. The molecule has 0 radical (unpaired) electrons. The molecule has 0 fully saturated rings. The van der Waals surface area contributed by atoms with E-state index in [2.05, 4.69) is 28.0 Å². The smallest absolute Gasteiger partial charge is 0.308 e.